The van der Waals surface area contributed by atoms with Crippen molar-refractivity contribution in [3.63, 3.8) is 0 Å². The molecular weight excluding hydrogens is 350 g/mol. The van der Waals surface area contributed by atoms with Crippen molar-refractivity contribution < 1.29 is 9.53 Å². The van der Waals surface area contributed by atoms with Gasteiger partial charge in [-0.3, -0.25) is 0 Å². The van der Waals surface area contributed by atoms with E-state index >= 15 is 0 Å². The largest absolute Gasteiger partial charge is 0.444 e. The Morgan fingerprint density at radius 2 is 1.61 bits per heavy atom. The normalized spacial score (nSPS) is 14.7. The van der Waals surface area contributed by atoms with Crippen LogP contribution in [-0.4, -0.2) is 49.3 Å². The van der Waals surface area contributed by atoms with Gasteiger partial charge in [-0.1, -0.05) is 42.5 Å². The summed E-state index contributed by atoms with van der Waals surface area (Å²) >= 11 is 0. The average Bonchev–Trinajstić information content (AvgIpc) is 2.68. The zero-order valence-corrected chi connectivity index (χ0v) is 17.1. The number of para-hydroxylation sites is 2. The van der Waals surface area contributed by atoms with Gasteiger partial charge in [-0.15, -0.1) is 0 Å². The minimum Gasteiger partial charge on any atom is -0.444 e. The number of rotatable bonds is 5. The predicted molar refractivity (Wildman–Crippen MR) is 115 cm³/mol. The van der Waals surface area contributed by atoms with E-state index < -0.39 is 5.60 Å². The molecule has 28 heavy (non-hydrogen) atoms. The molecule has 1 aliphatic heterocycles. The van der Waals surface area contributed by atoms with Crippen LogP contribution in [0.2, 0.25) is 0 Å². The minimum absolute atomic E-state index is 0.221. The summed E-state index contributed by atoms with van der Waals surface area (Å²) < 4.78 is 5.49. The molecule has 0 aliphatic carbocycles. The van der Waals surface area contributed by atoms with Gasteiger partial charge in [0.2, 0.25) is 0 Å². The maximum atomic E-state index is 12.3. The van der Waals surface area contributed by atoms with Crippen molar-refractivity contribution >= 4 is 17.5 Å². The van der Waals surface area contributed by atoms with E-state index in [4.69, 9.17) is 4.74 Å². The average molecular weight is 382 g/mol. The van der Waals surface area contributed by atoms with Crippen molar-refractivity contribution in [3.8, 4) is 0 Å². The fourth-order valence-electron chi connectivity index (χ4n) is 3.34. The second-order valence-electron chi connectivity index (χ2n) is 8.13. The lowest BCUT2D eigenvalue weighted by Gasteiger charge is -2.37. The van der Waals surface area contributed by atoms with E-state index in [1.54, 1.807) is 4.90 Å². The highest BCUT2D eigenvalue weighted by molar-refractivity contribution is 5.72. The summed E-state index contributed by atoms with van der Waals surface area (Å²) in [7, 11) is 0. The van der Waals surface area contributed by atoms with Gasteiger partial charge in [0, 0.05) is 32.7 Å². The summed E-state index contributed by atoms with van der Waals surface area (Å²) in [6.07, 6.45) is 0.767. The standard InChI is InChI=1S/C23H31N3O2/c1-23(2,3)28-22(27)26-17-15-25(16-18-26)21-12-8-7-11-20(21)24-14-13-19-9-5-4-6-10-19/h4-12,24H,13-18H2,1-3H3. The first-order chi connectivity index (χ1) is 13.4. The van der Waals surface area contributed by atoms with E-state index in [1.807, 2.05) is 26.8 Å². The molecule has 3 rings (SSSR count). The molecule has 1 saturated heterocycles. The van der Waals surface area contributed by atoms with Crippen molar-refractivity contribution in [1.82, 2.24) is 4.90 Å². The third kappa shape index (κ3) is 5.65. The molecule has 0 saturated carbocycles. The van der Waals surface area contributed by atoms with Crippen LogP contribution in [0.25, 0.3) is 0 Å². The molecular formula is C23H31N3O2. The summed E-state index contributed by atoms with van der Waals surface area (Å²) in [4.78, 5) is 16.4. The predicted octanol–water partition coefficient (Wildman–Crippen LogP) is 4.40. The van der Waals surface area contributed by atoms with Crippen LogP contribution in [0.3, 0.4) is 0 Å². The van der Waals surface area contributed by atoms with Crippen LogP contribution in [0.5, 0.6) is 0 Å². The lowest BCUT2D eigenvalue weighted by Crippen LogP contribution is -2.50. The van der Waals surface area contributed by atoms with Crippen molar-refractivity contribution in [2.24, 2.45) is 0 Å². The van der Waals surface area contributed by atoms with Crippen molar-refractivity contribution in [2.45, 2.75) is 32.8 Å². The highest BCUT2D eigenvalue weighted by Crippen LogP contribution is 2.27. The van der Waals surface area contributed by atoms with Crippen molar-refractivity contribution in [3.05, 3.63) is 60.2 Å². The van der Waals surface area contributed by atoms with Gasteiger partial charge in [0.15, 0.2) is 0 Å². The molecule has 0 aromatic heterocycles. The van der Waals surface area contributed by atoms with Crippen LogP contribution in [-0.2, 0) is 11.2 Å². The third-order valence-corrected chi connectivity index (χ3v) is 4.75. The van der Waals surface area contributed by atoms with Crippen molar-refractivity contribution in [1.29, 1.82) is 0 Å². The number of anilines is 2. The Kier molecular flexibility index (Phi) is 6.45. The number of hydrogen-bond donors (Lipinski definition) is 1. The van der Waals surface area contributed by atoms with E-state index in [9.17, 15) is 4.79 Å². The van der Waals surface area contributed by atoms with Crippen LogP contribution in [0.15, 0.2) is 54.6 Å². The minimum atomic E-state index is -0.455. The topological polar surface area (TPSA) is 44.8 Å². The number of carbonyl (C=O) groups is 1. The van der Waals surface area contributed by atoms with Gasteiger partial charge in [-0.25, -0.2) is 4.79 Å². The molecule has 5 nitrogen and oxygen atoms in total. The van der Waals surface area contributed by atoms with Crippen molar-refractivity contribution in [2.75, 3.05) is 42.9 Å². The first kappa shape index (κ1) is 20.1. The Hall–Kier alpha value is -2.69. The highest BCUT2D eigenvalue weighted by atomic mass is 16.6. The zero-order valence-electron chi connectivity index (χ0n) is 17.1. The molecule has 0 spiro atoms. The van der Waals surface area contributed by atoms with Gasteiger partial charge in [-0.05, 0) is 44.9 Å². The van der Waals surface area contributed by atoms with Gasteiger partial charge in [0.1, 0.15) is 5.60 Å². The molecule has 1 aliphatic rings. The van der Waals surface area contributed by atoms with Crippen LogP contribution in [0.4, 0.5) is 16.2 Å². The molecule has 5 heteroatoms. The van der Waals surface area contributed by atoms with Crippen LogP contribution < -0.4 is 10.2 Å². The Balaban J connectivity index is 1.55. The number of nitrogens with zero attached hydrogens (tertiary/aromatic N) is 2. The fraction of sp³-hybridized carbons (Fsp3) is 0.435. The molecule has 0 unspecified atom stereocenters. The molecule has 0 bridgehead atoms. The molecule has 0 atom stereocenters. The molecule has 1 fully saturated rings. The summed E-state index contributed by atoms with van der Waals surface area (Å²) in [5.41, 5.74) is 3.21. The summed E-state index contributed by atoms with van der Waals surface area (Å²) in [6, 6.07) is 18.9. The Morgan fingerprint density at radius 3 is 2.29 bits per heavy atom. The SMILES string of the molecule is CC(C)(C)OC(=O)N1CCN(c2ccccc2NCCc2ccccc2)CC1. The third-order valence-electron chi connectivity index (χ3n) is 4.75. The smallest absolute Gasteiger partial charge is 0.410 e. The van der Waals surface area contributed by atoms with E-state index in [-0.39, 0.29) is 6.09 Å². The van der Waals surface area contributed by atoms with E-state index in [0.717, 1.165) is 31.7 Å². The number of hydrogen-bond acceptors (Lipinski definition) is 4. The Bertz CT molecular complexity index is 763. The number of benzene rings is 2. The fourth-order valence-corrected chi connectivity index (χ4v) is 3.34. The van der Waals surface area contributed by atoms with E-state index in [0.29, 0.717) is 13.1 Å². The summed E-state index contributed by atoms with van der Waals surface area (Å²) in [5, 5.41) is 3.58. The maximum absolute atomic E-state index is 12.3. The number of amides is 1. The molecule has 0 radical (unpaired) electrons. The summed E-state index contributed by atoms with van der Waals surface area (Å²) in [6.45, 7) is 9.54. The second-order valence-corrected chi connectivity index (χ2v) is 8.13. The Morgan fingerprint density at radius 1 is 0.964 bits per heavy atom. The van der Waals surface area contributed by atoms with E-state index in [2.05, 4.69) is 58.7 Å². The van der Waals surface area contributed by atoms with Gasteiger partial charge in [0.25, 0.3) is 0 Å². The van der Waals surface area contributed by atoms with E-state index in [1.165, 1.54) is 11.3 Å². The lowest BCUT2D eigenvalue weighted by atomic mass is 10.1. The first-order valence-corrected chi connectivity index (χ1v) is 10.0. The molecule has 1 heterocycles. The van der Waals surface area contributed by atoms with Gasteiger partial charge < -0.3 is 19.9 Å². The van der Waals surface area contributed by atoms with Crippen LogP contribution in [0.1, 0.15) is 26.3 Å². The summed E-state index contributed by atoms with van der Waals surface area (Å²) in [5.74, 6) is 0. The van der Waals surface area contributed by atoms with Gasteiger partial charge in [-0.2, -0.15) is 0 Å². The second kappa shape index (κ2) is 9.00. The molecule has 2 aromatic rings. The van der Waals surface area contributed by atoms with Gasteiger partial charge >= 0.3 is 6.09 Å². The molecule has 1 amide bonds. The lowest BCUT2D eigenvalue weighted by molar-refractivity contribution is 0.0240. The zero-order chi connectivity index (χ0) is 20.0. The van der Waals surface area contributed by atoms with Gasteiger partial charge in [0.05, 0.1) is 11.4 Å². The number of piperazine rings is 1. The van der Waals surface area contributed by atoms with Crippen LogP contribution in [0, 0.1) is 0 Å². The van der Waals surface area contributed by atoms with Crippen LogP contribution >= 0.6 is 0 Å². The quantitative estimate of drug-likeness (QED) is 0.834. The number of ether oxygens (including phenoxy) is 1. The highest BCUT2D eigenvalue weighted by Gasteiger charge is 2.26. The molecule has 1 N–H and O–H groups in total. The molecule has 150 valence electrons. The number of nitrogens with one attached hydrogen (secondary N) is 1. The first-order valence-electron chi connectivity index (χ1n) is 10.0. The molecule has 2 aromatic carbocycles. The number of carbonyl (C=O) groups excluding carboxylic acids is 1. The maximum Gasteiger partial charge on any atom is 0.410 e. The monoisotopic (exact) mass is 381 g/mol. The Labute approximate surface area is 168 Å².